The van der Waals surface area contributed by atoms with Crippen LogP contribution in [0.5, 0.6) is 0 Å². The number of nitrogens with one attached hydrogen (secondary N) is 1. The number of carboxylic acid groups (broad SMARTS) is 1. The highest BCUT2D eigenvalue weighted by Crippen LogP contribution is 2.06. The highest BCUT2D eigenvalue weighted by Gasteiger charge is 2.20. The SMILES string of the molecule is CC(C)(C)OC(=O)C[n+]1cc[nH]c1CCC(=O)O. The van der Waals surface area contributed by atoms with Crippen LogP contribution in [0.25, 0.3) is 0 Å². The molecule has 100 valence electrons. The number of aryl methyl sites for hydroxylation is 1. The van der Waals surface area contributed by atoms with Gasteiger partial charge in [0.2, 0.25) is 0 Å². The van der Waals surface area contributed by atoms with Crippen molar-refractivity contribution < 1.29 is 24.0 Å². The number of hydrogen-bond acceptors (Lipinski definition) is 3. The van der Waals surface area contributed by atoms with Gasteiger partial charge in [-0.3, -0.25) is 4.79 Å². The highest BCUT2D eigenvalue weighted by atomic mass is 16.6. The van der Waals surface area contributed by atoms with Gasteiger partial charge in [0.05, 0.1) is 12.8 Å². The molecule has 0 aliphatic carbocycles. The number of hydrogen-bond donors (Lipinski definition) is 2. The number of aromatic nitrogens is 2. The van der Waals surface area contributed by atoms with Crippen LogP contribution < -0.4 is 4.57 Å². The number of aromatic amines is 1. The summed E-state index contributed by atoms with van der Waals surface area (Å²) in [5.41, 5.74) is -0.519. The Morgan fingerprint density at radius 2 is 2.11 bits per heavy atom. The molecule has 1 heterocycles. The Morgan fingerprint density at radius 1 is 1.44 bits per heavy atom. The lowest BCUT2D eigenvalue weighted by Crippen LogP contribution is -2.42. The first kappa shape index (κ1) is 14.2. The van der Waals surface area contributed by atoms with Gasteiger partial charge < -0.3 is 9.84 Å². The average molecular weight is 255 g/mol. The maximum absolute atomic E-state index is 11.6. The summed E-state index contributed by atoms with van der Waals surface area (Å²) in [6.45, 7) is 5.49. The molecule has 1 aromatic heterocycles. The first-order valence-corrected chi connectivity index (χ1v) is 5.77. The smallest absolute Gasteiger partial charge is 0.349 e. The summed E-state index contributed by atoms with van der Waals surface area (Å²) in [5.74, 6) is -0.514. The summed E-state index contributed by atoms with van der Waals surface area (Å²) in [6, 6.07) is 0. The molecule has 1 rings (SSSR count). The normalized spacial score (nSPS) is 11.3. The van der Waals surface area contributed by atoms with Gasteiger partial charge in [-0.15, -0.1) is 0 Å². The lowest BCUT2D eigenvalue weighted by atomic mass is 10.2. The van der Waals surface area contributed by atoms with E-state index in [2.05, 4.69) is 4.98 Å². The largest absolute Gasteiger partial charge is 0.481 e. The summed E-state index contributed by atoms with van der Waals surface area (Å²) in [5, 5.41) is 8.62. The van der Waals surface area contributed by atoms with Crippen molar-refractivity contribution in [2.24, 2.45) is 0 Å². The van der Waals surface area contributed by atoms with Crippen molar-refractivity contribution in [3.05, 3.63) is 18.2 Å². The highest BCUT2D eigenvalue weighted by molar-refractivity contribution is 5.68. The van der Waals surface area contributed by atoms with E-state index in [0.29, 0.717) is 12.2 Å². The molecule has 0 aromatic carbocycles. The van der Waals surface area contributed by atoms with Crippen molar-refractivity contribution in [2.45, 2.75) is 45.8 Å². The summed E-state index contributed by atoms with van der Waals surface area (Å²) in [6.07, 6.45) is 3.74. The van der Waals surface area contributed by atoms with Gasteiger partial charge in [0.15, 0.2) is 6.54 Å². The number of carbonyl (C=O) groups is 2. The van der Waals surface area contributed by atoms with Gasteiger partial charge >= 0.3 is 11.9 Å². The van der Waals surface area contributed by atoms with Gasteiger partial charge in [-0.2, -0.15) is 0 Å². The summed E-state index contributed by atoms with van der Waals surface area (Å²) in [7, 11) is 0. The Bertz CT molecular complexity index is 432. The fourth-order valence-corrected chi connectivity index (χ4v) is 1.50. The molecule has 0 saturated carbocycles. The number of aliphatic carboxylic acids is 1. The Morgan fingerprint density at radius 3 is 2.67 bits per heavy atom. The van der Waals surface area contributed by atoms with E-state index in [0.717, 1.165) is 0 Å². The second kappa shape index (κ2) is 5.66. The van der Waals surface area contributed by atoms with Crippen LogP contribution in [-0.4, -0.2) is 27.6 Å². The van der Waals surface area contributed by atoms with Crippen molar-refractivity contribution in [3.8, 4) is 0 Å². The molecule has 0 aliphatic rings. The average Bonchev–Trinajstić information content (AvgIpc) is 2.59. The number of rotatable bonds is 5. The monoisotopic (exact) mass is 255 g/mol. The number of carboxylic acids is 1. The van der Waals surface area contributed by atoms with Gasteiger partial charge in [-0.25, -0.2) is 14.3 Å². The number of imidazole rings is 1. The van der Waals surface area contributed by atoms with Gasteiger partial charge in [0.1, 0.15) is 18.0 Å². The molecule has 2 N–H and O–H groups in total. The van der Waals surface area contributed by atoms with E-state index >= 15 is 0 Å². The minimum absolute atomic E-state index is 0.0227. The summed E-state index contributed by atoms with van der Waals surface area (Å²) < 4.78 is 6.87. The van der Waals surface area contributed by atoms with Crippen LogP contribution in [0.2, 0.25) is 0 Å². The molecule has 0 fully saturated rings. The fourth-order valence-electron chi connectivity index (χ4n) is 1.50. The van der Waals surface area contributed by atoms with E-state index < -0.39 is 11.6 Å². The first-order chi connectivity index (χ1) is 8.28. The van der Waals surface area contributed by atoms with Crippen LogP contribution in [0.1, 0.15) is 33.0 Å². The number of esters is 1. The van der Waals surface area contributed by atoms with Crippen molar-refractivity contribution in [1.82, 2.24) is 4.98 Å². The number of carbonyl (C=O) groups excluding carboxylic acids is 1. The van der Waals surface area contributed by atoms with Crippen molar-refractivity contribution >= 4 is 11.9 Å². The summed E-state index contributed by atoms with van der Waals surface area (Å²) >= 11 is 0. The van der Waals surface area contributed by atoms with Crippen LogP contribution in [-0.2, 0) is 27.3 Å². The second-order valence-electron chi connectivity index (χ2n) is 5.01. The second-order valence-corrected chi connectivity index (χ2v) is 5.01. The molecule has 6 nitrogen and oxygen atoms in total. The summed E-state index contributed by atoms with van der Waals surface area (Å²) in [4.78, 5) is 25.1. The molecule has 0 spiro atoms. The molecular weight excluding hydrogens is 236 g/mol. The van der Waals surface area contributed by atoms with Crippen LogP contribution in [0.3, 0.4) is 0 Å². The van der Waals surface area contributed by atoms with E-state index in [-0.39, 0.29) is 18.9 Å². The molecule has 0 saturated heterocycles. The van der Waals surface area contributed by atoms with Gasteiger partial charge in [-0.05, 0) is 20.8 Å². The molecule has 1 aromatic rings. The zero-order chi connectivity index (χ0) is 13.8. The molecule has 0 radical (unpaired) electrons. The van der Waals surface area contributed by atoms with Gasteiger partial charge in [0, 0.05) is 0 Å². The molecule has 0 bridgehead atoms. The van der Waals surface area contributed by atoms with Crippen LogP contribution in [0, 0.1) is 0 Å². The van der Waals surface area contributed by atoms with E-state index in [1.54, 1.807) is 37.7 Å². The zero-order valence-corrected chi connectivity index (χ0v) is 10.9. The molecule has 0 atom stereocenters. The Hall–Kier alpha value is -1.85. The minimum atomic E-state index is -0.867. The first-order valence-electron chi connectivity index (χ1n) is 5.77. The van der Waals surface area contributed by atoms with Crippen LogP contribution in [0.15, 0.2) is 12.4 Å². The predicted molar refractivity (Wildman–Crippen MR) is 62.8 cm³/mol. The molecule has 6 heteroatoms. The van der Waals surface area contributed by atoms with Crippen molar-refractivity contribution in [2.75, 3.05) is 0 Å². The topological polar surface area (TPSA) is 83.3 Å². The zero-order valence-electron chi connectivity index (χ0n) is 10.9. The molecule has 0 aliphatic heterocycles. The van der Waals surface area contributed by atoms with E-state index in [9.17, 15) is 9.59 Å². The lowest BCUT2D eigenvalue weighted by molar-refractivity contribution is -0.692. The minimum Gasteiger partial charge on any atom is -0.481 e. The number of ether oxygens (including phenoxy) is 1. The molecule has 18 heavy (non-hydrogen) atoms. The van der Waals surface area contributed by atoms with Gasteiger partial charge in [0.25, 0.3) is 5.82 Å². The van der Waals surface area contributed by atoms with E-state index in [1.165, 1.54) is 0 Å². The Balaban J connectivity index is 2.59. The van der Waals surface area contributed by atoms with Crippen LogP contribution >= 0.6 is 0 Å². The maximum Gasteiger partial charge on any atom is 0.349 e. The third kappa shape index (κ3) is 4.99. The number of H-pyrrole nitrogens is 1. The van der Waals surface area contributed by atoms with E-state index in [4.69, 9.17) is 9.84 Å². The quantitative estimate of drug-likeness (QED) is 0.598. The fraction of sp³-hybridized carbons (Fsp3) is 0.583. The third-order valence-corrected chi connectivity index (χ3v) is 2.15. The molecule has 0 amide bonds. The molecule has 0 unspecified atom stereocenters. The van der Waals surface area contributed by atoms with Crippen molar-refractivity contribution in [1.29, 1.82) is 0 Å². The Kier molecular flexibility index (Phi) is 4.47. The van der Waals surface area contributed by atoms with Crippen LogP contribution in [0.4, 0.5) is 0 Å². The lowest BCUT2D eigenvalue weighted by Gasteiger charge is -2.18. The van der Waals surface area contributed by atoms with Crippen molar-refractivity contribution in [3.63, 3.8) is 0 Å². The standard InChI is InChI=1S/C12H18N2O4/c1-12(2,3)18-11(17)8-14-7-6-13-9(14)4-5-10(15)16/h6-7H,4-5,8H2,1-3H3,(H,15,16)/p+1. The Labute approximate surface area is 106 Å². The third-order valence-electron chi connectivity index (χ3n) is 2.15. The number of nitrogens with zero attached hydrogens (tertiary/aromatic N) is 1. The predicted octanol–water partition coefficient (Wildman–Crippen LogP) is 0.661. The maximum atomic E-state index is 11.6. The molecular formula is C12H19N2O4+. The van der Waals surface area contributed by atoms with Gasteiger partial charge in [-0.1, -0.05) is 0 Å². The van der Waals surface area contributed by atoms with E-state index in [1.807, 2.05) is 0 Å².